The van der Waals surface area contributed by atoms with Crippen molar-refractivity contribution in [3.05, 3.63) is 59.2 Å². The first kappa shape index (κ1) is 29.9. The summed E-state index contributed by atoms with van der Waals surface area (Å²) >= 11 is 0. The van der Waals surface area contributed by atoms with Gasteiger partial charge < -0.3 is 33.4 Å². The molecule has 2 saturated heterocycles. The normalized spacial score (nSPS) is 24.7. The molecule has 0 aliphatic carbocycles. The number of nitrogens with zero attached hydrogens (tertiary/aromatic N) is 2. The standard InChI is InChI=1S/C31H34N2O10/c1-18(35)41-17-30(16-34)25-22(12-21(27(37)39-6)13-24(25)40-15-20-10-8-7-9-11-20)32-14-23-26(31(30,32)42-19(2)36)33(23)28(38)43-29(3,4)5/h7-13,16,23,26H,14-15,17H2,1-6H3/t23-,26-,30-,31?,33?/m0/s1. The van der Waals surface area contributed by atoms with E-state index in [0.29, 0.717) is 12.0 Å². The number of rotatable bonds is 8. The molecule has 1 unspecified atom stereocenters. The van der Waals surface area contributed by atoms with E-state index in [-0.39, 0.29) is 30.0 Å². The molecule has 0 bridgehead atoms. The second-order valence-corrected chi connectivity index (χ2v) is 11.8. The van der Waals surface area contributed by atoms with Crippen molar-refractivity contribution in [1.82, 2.24) is 4.90 Å². The van der Waals surface area contributed by atoms with Crippen molar-refractivity contribution in [3.63, 3.8) is 0 Å². The van der Waals surface area contributed by atoms with E-state index >= 15 is 0 Å². The quantitative estimate of drug-likeness (QED) is 0.193. The molecule has 3 heterocycles. The molecule has 43 heavy (non-hydrogen) atoms. The van der Waals surface area contributed by atoms with Crippen LogP contribution in [-0.4, -0.2) is 78.9 Å². The van der Waals surface area contributed by atoms with Crippen molar-refractivity contribution in [2.24, 2.45) is 0 Å². The summed E-state index contributed by atoms with van der Waals surface area (Å²) < 4.78 is 28.4. The van der Waals surface area contributed by atoms with Crippen LogP contribution in [0.25, 0.3) is 0 Å². The first-order valence-corrected chi connectivity index (χ1v) is 13.8. The number of methoxy groups -OCH3 is 1. The monoisotopic (exact) mass is 594 g/mol. The minimum atomic E-state index is -1.86. The Hall–Kier alpha value is -4.61. The molecule has 0 spiro atoms. The maximum absolute atomic E-state index is 13.5. The third-order valence-electron chi connectivity index (χ3n) is 7.83. The summed E-state index contributed by atoms with van der Waals surface area (Å²) in [6.07, 6.45) is -0.0773. The van der Waals surface area contributed by atoms with Crippen LogP contribution in [0.1, 0.15) is 56.1 Å². The summed E-state index contributed by atoms with van der Waals surface area (Å²) in [6.45, 7) is 7.23. The number of ether oxygens (including phenoxy) is 5. The molecule has 5 rings (SSSR count). The second kappa shape index (κ2) is 10.6. The molecule has 3 aliphatic heterocycles. The molecule has 12 heteroatoms. The lowest BCUT2D eigenvalue weighted by atomic mass is 9.73. The highest BCUT2D eigenvalue weighted by molar-refractivity contribution is 5.96. The number of anilines is 1. The lowest BCUT2D eigenvalue weighted by Gasteiger charge is -2.44. The van der Waals surface area contributed by atoms with Gasteiger partial charge in [0.15, 0.2) is 5.41 Å². The van der Waals surface area contributed by atoms with Gasteiger partial charge in [0.2, 0.25) is 5.72 Å². The van der Waals surface area contributed by atoms with Gasteiger partial charge in [-0.1, -0.05) is 30.3 Å². The Morgan fingerprint density at radius 2 is 1.74 bits per heavy atom. The molecule has 228 valence electrons. The molecule has 0 aromatic heterocycles. The Balaban J connectivity index is 1.72. The van der Waals surface area contributed by atoms with Crippen LogP contribution in [0.3, 0.4) is 0 Å². The van der Waals surface area contributed by atoms with E-state index in [1.54, 1.807) is 25.7 Å². The maximum atomic E-state index is 13.5. The molecular formula is C31H34N2O10. The predicted molar refractivity (Wildman–Crippen MR) is 150 cm³/mol. The van der Waals surface area contributed by atoms with Crippen molar-refractivity contribution < 1.29 is 47.7 Å². The fraction of sp³-hybridized carbons (Fsp3) is 0.452. The Morgan fingerprint density at radius 1 is 1.05 bits per heavy atom. The Labute approximate surface area is 248 Å². The molecule has 0 saturated carbocycles. The molecule has 1 amide bonds. The van der Waals surface area contributed by atoms with Crippen LogP contribution in [0.4, 0.5) is 10.5 Å². The predicted octanol–water partition coefficient (Wildman–Crippen LogP) is 3.13. The van der Waals surface area contributed by atoms with Gasteiger partial charge in [0, 0.05) is 31.6 Å². The number of aldehydes is 1. The zero-order chi connectivity index (χ0) is 31.3. The number of carbonyl (C=O) groups is 5. The molecular weight excluding hydrogens is 560 g/mol. The Bertz CT molecular complexity index is 1490. The molecule has 0 N–H and O–H groups in total. The summed E-state index contributed by atoms with van der Waals surface area (Å²) in [5, 5.41) is 0. The molecule has 12 nitrogen and oxygen atoms in total. The van der Waals surface area contributed by atoms with Crippen LogP contribution < -0.4 is 9.64 Å². The number of hydrogen-bond acceptors (Lipinski definition) is 11. The lowest BCUT2D eigenvalue weighted by Crippen LogP contribution is -2.66. The second-order valence-electron chi connectivity index (χ2n) is 11.8. The fourth-order valence-corrected chi connectivity index (χ4v) is 6.26. The highest BCUT2D eigenvalue weighted by Crippen LogP contribution is 2.65. The lowest BCUT2D eigenvalue weighted by molar-refractivity contribution is -0.171. The SMILES string of the molecule is COC(=O)c1cc(OCc2ccccc2)c2c(c1)N1C[C@H]3[C@H](N3C(=O)OC(C)(C)C)C1(OC(C)=O)[C@@]2(C=O)COC(C)=O. The van der Waals surface area contributed by atoms with Gasteiger partial charge in [-0.3, -0.25) is 14.5 Å². The van der Waals surface area contributed by atoms with Crippen LogP contribution in [0.5, 0.6) is 5.75 Å². The first-order chi connectivity index (χ1) is 20.3. The van der Waals surface area contributed by atoms with Crippen LogP contribution in [-0.2, 0) is 45.4 Å². The van der Waals surface area contributed by atoms with Crippen LogP contribution in [0.15, 0.2) is 42.5 Å². The van der Waals surface area contributed by atoms with Gasteiger partial charge in [-0.2, -0.15) is 0 Å². The van der Waals surface area contributed by atoms with Gasteiger partial charge in [0.25, 0.3) is 0 Å². The third kappa shape index (κ3) is 4.84. The number of fused-ring (bicyclic) bond motifs is 5. The highest BCUT2D eigenvalue weighted by atomic mass is 16.6. The topological polar surface area (TPSA) is 138 Å². The third-order valence-corrected chi connectivity index (χ3v) is 7.83. The average molecular weight is 595 g/mol. The van der Waals surface area contributed by atoms with Gasteiger partial charge >= 0.3 is 24.0 Å². The van der Waals surface area contributed by atoms with E-state index in [4.69, 9.17) is 23.7 Å². The number of benzene rings is 2. The number of amides is 1. The average Bonchev–Trinajstić information content (AvgIpc) is 3.51. The zero-order valence-electron chi connectivity index (χ0n) is 24.9. The van der Waals surface area contributed by atoms with Gasteiger partial charge in [0.1, 0.15) is 36.9 Å². The van der Waals surface area contributed by atoms with Crippen molar-refractivity contribution in [2.75, 3.05) is 25.2 Å². The number of hydrogen-bond donors (Lipinski definition) is 0. The largest absolute Gasteiger partial charge is 0.488 e. The van der Waals surface area contributed by atoms with Crippen LogP contribution >= 0.6 is 0 Å². The fourth-order valence-electron chi connectivity index (χ4n) is 6.26. The zero-order valence-corrected chi connectivity index (χ0v) is 24.9. The smallest absolute Gasteiger partial charge is 0.411 e. The van der Waals surface area contributed by atoms with Crippen molar-refractivity contribution in [2.45, 2.75) is 70.1 Å². The van der Waals surface area contributed by atoms with E-state index < -0.39 is 59.4 Å². The minimum absolute atomic E-state index is 0.0665. The first-order valence-electron chi connectivity index (χ1n) is 13.8. The summed E-state index contributed by atoms with van der Waals surface area (Å²) in [4.78, 5) is 67.7. The van der Waals surface area contributed by atoms with E-state index in [1.807, 2.05) is 30.3 Å². The summed E-state index contributed by atoms with van der Waals surface area (Å²) in [6, 6.07) is 10.9. The van der Waals surface area contributed by atoms with Gasteiger partial charge in [-0.25, -0.2) is 9.59 Å². The van der Waals surface area contributed by atoms with Crippen molar-refractivity contribution in [1.29, 1.82) is 0 Å². The van der Waals surface area contributed by atoms with Gasteiger partial charge in [0.05, 0.1) is 18.7 Å². The van der Waals surface area contributed by atoms with Gasteiger partial charge in [-0.05, 0) is 38.5 Å². The summed E-state index contributed by atoms with van der Waals surface area (Å²) in [5.74, 6) is -1.94. The van der Waals surface area contributed by atoms with E-state index in [9.17, 15) is 24.0 Å². The van der Waals surface area contributed by atoms with Crippen LogP contribution in [0, 0.1) is 0 Å². The van der Waals surface area contributed by atoms with Crippen molar-refractivity contribution in [3.8, 4) is 5.75 Å². The maximum Gasteiger partial charge on any atom is 0.411 e. The number of piperazine rings is 1. The number of carbonyl (C=O) groups excluding carboxylic acids is 5. The minimum Gasteiger partial charge on any atom is -0.488 e. The van der Waals surface area contributed by atoms with Crippen molar-refractivity contribution >= 4 is 36.0 Å². The Kier molecular flexibility index (Phi) is 7.35. The summed E-state index contributed by atoms with van der Waals surface area (Å²) in [7, 11) is 1.24. The molecule has 2 aromatic carbocycles. The van der Waals surface area contributed by atoms with E-state index in [0.717, 1.165) is 5.56 Å². The van der Waals surface area contributed by atoms with Crippen LogP contribution in [0.2, 0.25) is 0 Å². The molecule has 3 aliphatic rings. The van der Waals surface area contributed by atoms with E-state index in [2.05, 4.69) is 0 Å². The summed E-state index contributed by atoms with van der Waals surface area (Å²) in [5.41, 5.74) is -2.99. The molecule has 4 atom stereocenters. The highest BCUT2D eigenvalue weighted by Gasteiger charge is 2.83. The number of esters is 3. The molecule has 0 radical (unpaired) electrons. The van der Waals surface area contributed by atoms with E-state index in [1.165, 1.54) is 38.0 Å². The molecule has 2 fully saturated rings. The Morgan fingerprint density at radius 3 is 2.33 bits per heavy atom. The van der Waals surface area contributed by atoms with Gasteiger partial charge in [-0.15, -0.1) is 0 Å². The molecule has 2 aromatic rings.